The highest BCUT2D eigenvalue weighted by molar-refractivity contribution is 6.04. The number of hydrogen-bond donors (Lipinski definition) is 0. The molecule has 2 bridgehead atoms. The predicted octanol–water partition coefficient (Wildman–Crippen LogP) is 5.90. The van der Waals surface area contributed by atoms with Crippen LogP contribution >= 0.6 is 0 Å². The van der Waals surface area contributed by atoms with E-state index in [0.29, 0.717) is 33.9 Å². The molecule has 3 heterocycles. The van der Waals surface area contributed by atoms with Gasteiger partial charge < -0.3 is 28.6 Å². The fourth-order valence-electron chi connectivity index (χ4n) is 6.98. The number of ether oxygens (including phenoxy) is 5. The Kier molecular flexibility index (Phi) is 8.57. The summed E-state index contributed by atoms with van der Waals surface area (Å²) in [5.41, 5.74) is 1.10. The Morgan fingerprint density at radius 1 is 0.938 bits per heavy atom. The average molecular weight is 657 g/mol. The Balaban J connectivity index is 1.47. The smallest absolute Gasteiger partial charge is 0.411 e. The van der Waals surface area contributed by atoms with Crippen LogP contribution in [0.25, 0.3) is 16.8 Å². The molecule has 0 N–H and O–H groups in total. The Morgan fingerprint density at radius 3 is 2.31 bits per heavy atom. The molecule has 3 aliphatic heterocycles. The van der Waals surface area contributed by atoms with Gasteiger partial charge in [0.2, 0.25) is 5.91 Å². The summed E-state index contributed by atoms with van der Waals surface area (Å²) in [6.07, 6.45) is 0.614. The fraction of sp³-hybridized carbons (Fsp3) is 0.405. The lowest BCUT2D eigenvalue weighted by Gasteiger charge is -2.47. The highest BCUT2D eigenvalue weighted by atomic mass is 16.6. The summed E-state index contributed by atoms with van der Waals surface area (Å²) in [6, 6.07) is 13.6. The van der Waals surface area contributed by atoms with E-state index >= 15 is 0 Å². The van der Waals surface area contributed by atoms with E-state index in [1.807, 2.05) is 30.3 Å². The fourth-order valence-corrected chi connectivity index (χ4v) is 6.98. The van der Waals surface area contributed by atoms with E-state index in [9.17, 15) is 19.2 Å². The number of carbonyl (C=O) groups is 4. The third kappa shape index (κ3) is 5.71. The van der Waals surface area contributed by atoms with Crippen molar-refractivity contribution >= 4 is 40.8 Å². The molecule has 0 aromatic heterocycles. The molecule has 0 spiro atoms. The zero-order chi connectivity index (χ0) is 34.5. The number of hydrogen-bond acceptors (Lipinski definition) is 9. The van der Waals surface area contributed by atoms with Gasteiger partial charge in [0, 0.05) is 16.8 Å². The van der Waals surface area contributed by atoms with E-state index in [4.69, 9.17) is 23.7 Å². The number of amides is 2. The zero-order valence-electron chi connectivity index (χ0n) is 28.1. The van der Waals surface area contributed by atoms with Crippen molar-refractivity contribution in [1.29, 1.82) is 0 Å². The quantitative estimate of drug-likeness (QED) is 0.226. The molecule has 3 aromatic carbocycles. The normalized spacial score (nSPS) is 21.3. The topological polar surface area (TPSA) is 121 Å². The van der Waals surface area contributed by atoms with Crippen molar-refractivity contribution in [1.82, 2.24) is 9.80 Å². The summed E-state index contributed by atoms with van der Waals surface area (Å²) >= 11 is 0. The summed E-state index contributed by atoms with van der Waals surface area (Å²) in [6.45, 7) is 8.49. The van der Waals surface area contributed by atoms with Crippen molar-refractivity contribution in [3.63, 3.8) is 0 Å². The van der Waals surface area contributed by atoms with Gasteiger partial charge in [-0.2, -0.15) is 0 Å². The average Bonchev–Trinajstić information content (AvgIpc) is 3.40. The summed E-state index contributed by atoms with van der Waals surface area (Å²) < 4.78 is 28.9. The number of esters is 2. The first-order valence-electron chi connectivity index (χ1n) is 16.0. The monoisotopic (exact) mass is 656 g/mol. The minimum absolute atomic E-state index is 0.0343. The van der Waals surface area contributed by atoms with Gasteiger partial charge in [-0.25, -0.2) is 9.59 Å². The van der Waals surface area contributed by atoms with Crippen molar-refractivity contribution < 1.29 is 42.9 Å². The molecule has 48 heavy (non-hydrogen) atoms. The van der Waals surface area contributed by atoms with E-state index in [1.165, 1.54) is 19.1 Å². The molecule has 0 unspecified atom stereocenters. The van der Waals surface area contributed by atoms with Crippen LogP contribution < -0.4 is 9.47 Å². The van der Waals surface area contributed by atoms with Crippen molar-refractivity contribution in [3.8, 4) is 11.5 Å². The molecule has 0 saturated carbocycles. The van der Waals surface area contributed by atoms with Gasteiger partial charge in [0.05, 0.1) is 37.8 Å². The van der Waals surface area contributed by atoms with E-state index < -0.39 is 59.7 Å². The van der Waals surface area contributed by atoms with Gasteiger partial charge in [0.25, 0.3) is 0 Å². The standard InChI is InChI=1S/C37H40N2O9/c1-20(2)47-36(43)39-27-18-25(35(42)48-37(3,4)5)32(39)26-17-24-29(44-6)15-16-30(45-7)31(24)28(38(26)33(27)40)19-46-34(41)23-14-10-12-21-11-8-9-13-22(21)23/h8-17,20,25,27-28,32H,18-19H2,1-7H3/t25-,27+,28-,32-/m0/s1. The lowest BCUT2D eigenvalue weighted by molar-refractivity contribution is -0.160. The number of methoxy groups -OCH3 is 2. The van der Waals surface area contributed by atoms with Crippen molar-refractivity contribution in [3.05, 3.63) is 77.0 Å². The molecule has 3 aromatic rings. The SMILES string of the molecule is COc1ccc(OC)c2c1C=C1[C@@H]3[C@@H](C(=O)OC(C)(C)C)C[C@H](C(=O)N1[C@H]2COC(=O)c1cccc2ccccc12)N3C(=O)OC(C)C. The number of rotatable bonds is 7. The highest BCUT2D eigenvalue weighted by Gasteiger charge is 2.61. The summed E-state index contributed by atoms with van der Waals surface area (Å²) in [5, 5.41) is 1.62. The number of nitrogens with zero attached hydrogens (tertiary/aromatic N) is 2. The van der Waals surface area contributed by atoms with Gasteiger partial charge >= 0.3 is 18.0 Å². The van der Waals surface area contributed by atoms with Crippen LogP contribution in [0.4, 0.5) is 4.79 Å². The van der Waals surface area contributed by atoms with Crippen molar-refractivity contribution in [2.75, 3.05) is 20.8 Å². The molecule has 2 amide bonds. The van der Waals surface area contributed by atoms with Crippen molar-refractivity contribution in [2.45, 2.75) is 70.9 Å². The summed E-state index contributed by atoms with van der Waals surface area (Å²) in [7, 11) is 3.04. The highest BCUT2D eigenvalue weighted by Crippen LogP contribution is 2.52. The molecule has 6 rings (SSSR count). The van der Waals surface area contributed by atoms with E-state index in [-0.39, 0.29) is 13.0 Å². The third-order valence-corrected chi connectivity index (χ3v) is 8.82. The minimum atomic E-state index is -1.02. The molecule has 0 radical (unpaired) electrons. The van der Waals surface area contributed by atoms with Crippen LogP contribution in [-0.4, -0.2) is 78.4 Å². The third-order valence-electron chi connectivity index (χ3n) is 8.82. The molecule has 11 nitrogen and oxygen atoms in total. The molecule has 2 fully saturated rings. The van der Waals surface area contributed by atoms with Gasteiger partial charge in [-0.05, 0) is 76.1 Å². The van der Waals surface area contributed by atoms with Crippen LogP contribution in [0.5, 0.6) is 11.5 Å². The second kappa shape index (κ2) is 12.5. The Hall–Kier alpha value is -5.06. The number of piperazine rings is 1. The van der Waals surface area contributed by atoms with Crippen LogP contribution in [0.1, 0.15) is 68.6 Å². The largest absolute Gasteiger partial charge is 0.496 e. The molecular weight excluding hydrogens is 616 g/mol. The molecule has 11 heteroatoms. The zero-order valence-corrected chi connectivity index (χ0v) is 28.1. The van der Waals surface area contributed by atoms with Gasteiger partial charge in [-0.3, -0.25) is 14.5 Å². The second-order valence-electron chi connectivity index (χ2n) is 13.4. The number of benzene rings is 3. The molecule has 2 saturated heterocycles. The van der Waals surface area contributed by atoms with Crippen LogP contribution in [0.2, 0.25) is 0 Å². The Morgan fingerprint density at radius 2 is 1.62 bits per heavy atom. The Bertz CT molecular complexity index is 1820. The lowest BCUT2D eigenvalue weighted by Crippen LogP contribution is -2.60. The van der Waals surface area contributed by atoms with Gasteiger partial charge in [0.15, 0.2) is 0 Å². The van der Waals surface area contributed by atoms with Crippen LogP contribution in [0.15, 0.2) is 60.3 Å². The maximum atomic E-state index is 14.6. The number of fused-ring (bicyclic) bond motifs is 6. The van der Waals surface area contributed by atoms with Crippen molar-refractivity contribution in [2.24, 2.45) is 5.92 Å². The minimum Gasteiger partial charge on any atom is -0.496 e. The van der Waals surface area contributed by atoms with Crippen LogP contribution in [0, 0.1) is 5.92 Å². The lowest BCUT2D eigenvalue weighted by atomic mass is 9.87. The van der Waals surface area contributed by atoms with E-state index in [2.05, 4.69) is 0 Å². The van der Waals surface area contributed by atoms with E-state index in [0.717, 1.165) is 10.8 Å². The first-order chi connectivity index (χ1) is 22.8. The molecule has 3 aliphatic rings. The van der Waals surface area contributed by atoms with Gasteiger partial charge in [0.1, 0.15) is 35.8 Å². The first-order valence-corrected chi connectivity index (χ1v) is 16.0. The van der Waals surface area contributed by atoms with Crippen LogP contribution in [0.3, 0.4) is 0 Å². The maximum absolute atomic E-state index is 14.6. The predicted molar refractivity (Wildman–Crippen MR) is 176 cm³/mol. The van der Waals surface area contributed by atoms with Crippen LogP contribution in [-0.2, 0) is 23.8 Å². The number of carbonyl (C=O) groups excluding carboxylic acids is 4. The molecule has 4 atom stereocenters. The summed E-state index contributed by atoms with van der Waals surface area (Å²) in [5.74, 6) is -1.47. The maximum Gasteiger partial charge on any atom is 0.411 e. The first kappa shape index (κ1) is 32.9. The second-order valence-corrected chi connectivity index (χ2v) is 13.4. The summed E-state index contributed by atoms with van der Waals surface area (Å²) in [4.78, 5) is 58.5. The Labute approximate surface area is 279 Å². The molecule has 0 aliphatic carbocycles. The molecule has 252 valence electrons. The van der Waals surface area contributed by atoms with E-state index in [1.54, 1.807) is 69.9 Å². The van der Waals surface area contributed by atoms with Gasteiger partial charge in [-0.1, -0.05) is 36.4 Å². The van der Waals surface area contributed by atoms with Gasteiger partial charge in [-0.15, -0.1) is 0 Å². The molecular formula is C37H40N2O9.